The molecule has 3 rings (SSSR count). The smallest absolute Gasteiger partial charge is 0.232 e. The van der Waals surface area contributed by atoms with E-state index in [1.54, 1.807) is 0 Å². The third kappa shape index (κ3) is 6.61. The van der Waals surface area contributed by atoms with E-state index in [0.717, 1.165) is 39.4 Å². The van der Waals surface area contributed by atoms with Crippen LogP contribution in [0.25, 0.3) is 0 Å². The Morgan fingerprint density at radius 3 is 2.18 bits per heavy atom. The van der Waals surface area contributed by atoms with Crippen LogP contribution < -0.4 is 9.62 Å². The fourth-order valence-corrected chi connectivity index (χ4v) is 4.46. The lowest BCUT2D eigenvalue weighted by Crippen LogP contribution is -2.33. The summed E-state index contributed by atoms with van der Waals surface area (Å²) in [6.07, 6.45) is 1.25. The lowest BCUT2D eigenvalue weighted by molar-refractivity contribution is -0.121. The van der Waals surface area contributed by atoms with Crippen molar-refractivity contribution in [2.24, 2.45) is 0 Å². The number of rotatable bonds is 9. The summed E-state index contributed by atoms with van der Waals surface area (Å²) in [6.45, 7) is 1.94. The molecule has 0 saturated carbocycles. The highest BCUT2D eigenvalue weighted by Gasteiger charge is 2.20. The normalized spacial score (nSPS) is 12.2. The molecule has 0 aliphatic rings. The molecule has 0 unspecified atom stereocenters. The van der Waals surface area contributed by atoms with E-state index in [-0.39, 0.29) is 37.0 Å². The van der Waals surface area contributed by atoms with Crippen molar-refractivity contribution >= 4 is 21.6 Å². The Hall–Kier alpha value is -3.26. The molecule has 0 heterocycles. The number of nitrogens with zero attached hydrogens (tertiary/aromatic N) is 1. The van der Waals surface area contributed by atoms with Crippen LogP contribution in [0.1, 0.15) is 35.6 Å². The standard InChI is InChI=1S/C25H26F2N2O3S/c1-18-10-12-20(13-11-18)25(19-7-4-3-5-8-19)28-24(30)9-6-16-29(33(2,31)32)21-14-15-22(26)23(27)17-21/h3-5,7-8,10-15,17,25H,6,9,16H2,1-2H3,(H,28,30)/t25-/m1/s1. The molecule has 0 aromatic heterocycles. The Kier molecular flexibility index (Phi) is 7.81. The molecule has 1 amide bonds. The van der Waals surface area contributed by atoms with Gasteiger partial charge in [0.2, 0.25) is 15.9 Å². The van der Waals surface area contributed by atoms with E-state index in [4.69, 9.17) is 0 Å². The van der Waals surface area contributed by atoms with Gasteiger partial charge in [-0.05, 0) is 36.6 Å². The van der Waals surface area contributed by atoms with Crippen molar-refractivity contribution in [3.63, 3.8) is 0 Å². The van der Waals surface area contributed by atoms with E-state index in [9.17, 15) is 22.0 Å². The van der Waals surface area contributed by atoms with Crippen molar-refractivity contribution in [2.75, 3.05) is 17.1 Å². The van der Waals surface area contributed by atoms with Crippen LogP contribution >= 0.6 is 0 Å². The molecular formula is C25H26F2N2O3S. The predicted molar refractivity (Wildman–Crippen MR) is 125 cm³/mol. The third-order valence-electron chi connectivity index (χ3n) is 5.21. The predicted octanol–water partition coefficient (Wildman–Crippen LogP) is 4.73. The number of halogens is 2. The van der Waals surface area contributed by atoms with Gasteiger partial charge in [0.1, 0.15) is 0 Å². The summed E-state index contributed by atoms with van der Waals surface area (Å²) < 4.78 is 52.2. The maximum Gasteiger partial charge on any atom is 0.232 e. The molecule has 0 fully saturated rings. The van der Waals surface area contributed by atoms with Crippen LogP contribution in [0.3, 0.4) is 0 Å². The van der Waals surface area contributed by atoms with Gasteiger partial charge in [0, 0.05) is 19.0 Å². The van der Waals surface area contributed by atoms with Gasteiger partial charge in [-0.1, -0.05) is 60.2 Å². The Balaban J connectivity index is 1.70. The van der Waals surface area contributed by atoms with Crippen LogP contribution in [-0.2, 0) is 14.8 Å². The number of hydrogen-bond donors (Lipinski definition) is 1. The van der Waals surface area contributed by atoms with Crippen molar-refractivity contribution < 1.29 is 22.0 Å². The molecule has 3 aromatic rings. The first-order valence-corrected chi connectivity index (χ1v) is 12.3. The second-order valence-corrected chi connectivity index (χ2v) is 9.77. The Labute approximate surface area is 193 Å². The molecule has 5 nitrogen and oxygen atoms in total. The number of carbonyl (C=O) groups excluding carboxylic acids is 1. The summed E-state index contributed by atoms with van der Waals surface area (Å²) in [5, 5.41) is 3.02. The lowest BCUT2D eigenvalue weighted by Gasteiger charge is -2.23. The van der Waals surface area contributed by atoms with E-state index >= 15 is 0 Å². The van der Waals surface area contributed by atoms with Gasteiger partial charge in [-0.2, -0.15) is 0 Å². The summed E-state index contributed by atoms with van der Waals surface area (Å²) >= 11 is 0. The SMILES string of the molecule is Cc1ccc([C@H](NC(=O)CCCN(c2ccc(F)c(F)c2)S(C)(=O)=O)c2ccccc2)cc1. The molecule has 174 valence electrons. The summed E-state index contributed by atoms with van der Waals surface area (Å²) in [5.41, 5.74) is 2.97. The number of carbonyl (C=O) groups is 1. The van der Waals surface area contributed by atoms with Gasteiger partial charge in [0.05, 0.1) is 18.0 Å². The second kappa shape index (κ2) is 10.6. The molecule has 8 heteroatoms. The molecule has 1 atom stereocenters. The van der Waals surface area contributed by atoms with E-state index in [2.05, 4.69) is 5.32 Å². The second-order valence-electron chi connectivity index (χ2n) is 7.86. The first-order chi connectivity index (χ1) is 15.6. The number of anilines is 1. The van der Waals surface area contributed by atoms with Gasteiger partial charge < -0.3 is 5.32 Å². The molecular weight excluding hydrogens is 446 g/mol. The van der Waals surface area contributed by atoms with E-state index in [1.165, 1.54) is 6.07 Å². The molecule has 0 bridgehead atoms. The zero-order valence-corrected chi connectivity index (χ0v) is 19.3. The number of sulfonamides is 1. The van der Waals surface area contributed by atoms with Crippen LogP contribution in [0.2, 0.25) is 0 Å². The number of amides is 1. The zero-order valence-electron chi connectivity index (χ0n) is 18.5. The molecule has 0 saturated heterocycles. The Morgan fingerprint density at radius 1 is 0.939 bits per heavy atom. The minimum absolute atomic E-state index is 0.0126. The monoisotopic (exact) mass is 472 g/mol. The van der Waals surface area contributed by atoms with Crippen molar-refractivity contribution in [1.29, 1.82) is 0 Å². The quantitative estimate of drug-likeness (QED) is 0.490. The fraction of sp³-hybridized carbons (Fsp3) is 0.240. The highest BCUT2D eigenvalue weighted by atomic mass is 32.2. The summed E-state index contributed by atoms with van der Waals surface area (Å²) in [4.78, 5) is 12.7. The number of nitrogens with one attached hydrogen (secondary N) is 1. The minimum Gasteiger partial charge on any atom is -0.345 e. The van der Waals surface area contributed by atoms with Crippen LogP contribution in [0.15, 0.2) is 72.8 Å². The average Bonchev–Trinajstić information content (AvgIpc) is 2.77. The van der Waals surface area contributed by atoms with Gasteiger partial charge in [-0.15, -0.1) is 0 Å². The minimum atomic E-state index is -3.75. The summed E-state index contributed by atoms with van der Waals surface area (Å²) in [6, 6.07) is 20.0. The molecule has 0 aliphatic carbocycles. The molecule has 0 spiro atoms. The summed E-state index contributed by atoms with van der Waals surface area (Å²) in [5.74, 6) is -2.44. The Morgan fingerprint density at radius 2 is 1.58 bits per heavy atom. The van der Waals surface area contributed by atoms with Gasteiger partial charge in [-0.25, -0.2) is 17.2 Å². The average molecular weight is 473 g/mol. The maximum atomic E-state index is 13.6. The number of hydrogen-bond acceptors (Lipinski definition) is 3. The van der Waals surface area contributed by atoms with Gasteiger partial charge in [0.25, 0.3) is 0 Å². The largest absolute Gasteiger partial charge is 0.345 e. The summed E-state index contributed by atoms with van der Waals surface area (Å²) in [7, 11) is -3.75. The lowest BCUT2D eigenvalue weighted by atomic mass is 9.97. The van der Waals surface area contributed by atoms with Crippen LogP contribution in [-0.4, -0.2) is 27.1 Å². The maximum absolute atomic E-state index is 13.6. The number of aryl methyl sites for hydroxylation is 1. The third-order valence-corrected chi connectivity index (χ3v) is 6.40. The first-order valence-electron chi connectivity index (χ1n) is 10.5. The van der Waals surface area contributed by atoms with Gasteiger partial charge in [-0.3, -0.25) is 9.10 Å². The topological polar surface area (TPSA) is 66.5 Å². The van der Waals surface area contributed by atoms with Crippen molar-refractivity contribution in [1.82, 2.24) is 5.32 Å². The van der Waals surface area contributed by atoms with E-state index < -0.39 is 21.7 Å². The van der Waals surface area contributed by atoms with Crippen LogP contribution in [0.5, 0.6) is 0 Å². The van der Waals surface area contributed by atoms with E-state index in [1.807, 2.05) is 61.5 Å². The molecule has 0 aliphatic heterocycles. The highest BCUT2D eigenvalue weighted by Crippen LogP contribution is 2.24. The Bertz CT molecular complexity index is 1200. The molecule has 1 N–H and O–H groups in total. The zero-order chi connectivity index (χ0) is 24.0. The van der Waals surface area contributed by atoms with Crippen molar-refractivity contribution in [3.05, 3.63) is 101 Å². The molecule has 0 radical (unpaired) electrons. The van der Waals surface area contributed by atoms with Gasteiger partial charge >= 0.3 is 0 Å². The molecule has 3 aromatic carbocycles. The highest BCUT2D eigenvalue weighted by molar-refractivity contribution is 7.92. The van der Waals surface area contributed by atoms with Crippen LogP contribution in [0, 0.1) is 18.6 Å². The first kappa shape index (κ1) is 24.4. The van der Waals surface area contributed by atoms with Crippen molar-refractivity contribution in [3.8, 4) is 0 Å². The fourth-order valence-electron chi connectivity index (χ4n) is 3.51. The van der Waals surface area contributed by atoms with Gasteiger partial charge in [0.15, 0.2) is 11.6 Å². The van der Waals surface area contributed by atoms with Crippen LogP contribution in [0.4, 0.5) is 14.5 Å². The molecule has 33 heavy (non-hydrogen) atoms. The van der Waals surface area contributed by atoms with Crippen molar-refractivity contribution in [2.45, 2.75) is 25.8 Å². The number of benzene rings is 3. The van der Waals surface area contributed by atoms with E-state index in [0.29, 0.717) is 0 Å².